The van der Waals surface area contributed by atoms with Gasteiger partial charge in [-0.25, -0.2) is 37.1 Å². The van der Waals surface area contributed by atoms with E-state index >= 15 is 17.6 Å². The molecule has 4 aliphatic heterocycles. The maximum atomic E-state index is 16.9. The summed E-state index contributed by atoms with van der Waals surface area (Å²) >= 11 is 0. The Morgan fingerprint density at radius 3 is 1.40 bits per heavy atom. The molecule has 2 saturated carbocycles. The lowest BCUT2D eigenvalue weighted by atomic mass is 9.96. The predicted molar refractivity (Wildman–Crippen MR) is 272 cm³/mol. The number of rotatable bonds is 12. The van der Waals surface area contributed by atoms with Gasteiger partial charge in [0.1, 0.15) is 41.1 Å². The van der Waals surface area contributed by atoms with E-state index < -0.39 is 71.7 Å². The number of likely N-dealkylation sites (tertiary alicyclic amines) is 2. The molecule has 16 nitrogen and oxygen atoms in total. The lowest BCUT2D eigenvalue weighted by Crippen LogP contribution is -2.51. The van der Waals surface area contributed by atoms with Crippen LogP contribution in [0.4, 0.5) is 38.5 Å². The van der Waals surface area contributed by atoms with E-state index in [-0.39, 0.29) is 46.2 Å². The Morgan fingerprint density at radius 2 is 0.973 bits per heavy atom. The maximum absolute atomic E-state index is 16.9. The van der Waals surface area contributed by atoms with E-state index in [9.17, 15) is 19.2 Å². The Morgan fingerprint density at radius 1 is 0.533 bits per heavy atom. The first-order chi connectivity index (χ1) is 36.4. The number of methoxy groups -OCH3 is 2. The number of ether oxygens (including phenoxy) is 2. The summed E-state index contributed by atoms with van der Waals surface area (Å²) in [6.45, 7) is 1.92. The highest BCUT2D eigenvalue weighted by Gasteiger charge is 2.44. The van der Waals surface area contributed by atoms with Crippen molar-refractivity contribution in [1.82, 2.24) is 40.4 Å². The van der Waals surface area contributed by atoms with Gasteiger partial charge < -0.3 is 49.7 Å². The van der Waals surface area contributed by atoms with Gasteiger partial charge in [-0.1, -0.05) is 25.7 Å². The Balaban J connectivity index is 0.925. The van der Waals surface area contributed by atoms with Gasteiger partial charge in [-0.05, 0) is 120 Å². The molecule has 3 aromatic carbocycles. The number of halogens is 4. The molecule has 4 saturated heterocycles. The van der Waals surface area contributed by atoms with Gasteiger partial charge >= 0.3 is 12.2 Å². The lowest BCUT2D eigenvalue weighted by molar-refractivity contribution is -0.136. The number of H-pyrrole nitrogens is 2. The minimum atomic E-state index is -0.816. The van der Waals surface area contributed by atoms with Gasteiger partial charge in [0.2, 0.25) is 11.8 Å². The van der Waals surface area contributed by atoms with Crippen molar-refractivity contribution in [1.29, 1.82) is 0 Å². The molecule has 5 aromatic rings. The van der Waals surface area contributed by atoms with Crippen molar-refractivity contribution in [2.45, 2.75) is 145 Å². The van der Waals surface area contributed by atoms with E-state index in [0.717, 1.165) is 70.6 Å². The number of imidazole rings is 2. The number of aromatic amines is 2. The van der Waals surface area contributed by atoms with Crippen LogP contribution in [-0.2, 0) is 19.1 Å². The highest BCUT2D eigenvalue weighted by molar-refractivity contribution is 5.88. The Labute approximate surface area is 432 Å². The van der Waals surface area contributed by atoms with E-state index in [4.69, 9.17) is 19.4 Å². The van der Waals surface area contributed by atoms with Gasteiger partial charge in [0, 0.05) is 55.1 Å². The molecule has 1 unspecified atom stereocenters. The summed E-state index contributed by atoms with van der Waals surface area (Å²) in [4.78, 5) is 76.7. The summed E-state index contributed by atoms with van der Waals surface area (Å²) in [5, 5.41) is 5.59. The van der Waals surface area contributed by atoms with E-state index in [1.165, 1.54) is 38.5 Å². The van der Waals surface area contributed by atoms with Crippen molar-refractivity contribution in [3.8, 4) is 0 Å². The minimum absolute atomic E-state index is 0.0306. The fourth-order valence-electron chi connectivity index (χ4n) is 13.6. The van der Waals surface area contributed by atoms with Crippen molar-refractivity contribution >= 4 is 57.4 Å². The van der Waals surface area contributed by atoms with Crippen molar-refractivity contribution in [2.75, 3.05) is 50.2 Å². The number of hydrogen-bond acceptors (Lipinski definition) is 10. The van der Waals surface area contributed by atoms with Crippen LogP contribution in [0.25, 0.3) is 22.1 Å². The SMILES string of the molecule is COC(=O)N[C@H](C(=O)N1CCC[C@H]1c1nc2cc(F)c(C3CC[C@H](c4cc5[nH]c([C@@H]6CCCN6C(=O)[C@@H](NC(=O)OC)C6CCCC6)nc5cc4F)N3c3cc(F)c(N4CCCCC4)c(F)c3)cc2[nH]1)C1CCCC1. The molecule has 6 heterocycles. The highest BCUT2D eigenvalue weighted by Crippen LogP contribution is 2.50. The zero-order valence-electron chi connectivity index (χ0n) is 42.6. The number of amides is 4. The number of piperidine rings is 1. The number of alkyl carbamates (subject to hydrolysis) is 2. The maximum Gasteiger partial charge on any atom is 0.407 e. The number of nitrogens with zero attached hydrogens (tertiary/aromatic N) is 6. The quantitative estimate of drug-likeness (QED) is 0.0879. The number of carbonyl (C=O) groups is 4. The topological polar surface area (TPSA) is 181 Å². The standard InChI is InChI=1S/C55H66F4N10O6/c1-74-54(72)64-47(30-12-4-5-13-30)52(70)67-22-10-16-45(67)50-60-39-26-33(35(56)28-41(39)62-50)43-18-19-44(69(43)32-24-37(58)49(38(59)25-32)66-20-8-3-9-21-66)34-27-40-42(29-36(34)57)63-51(61-40)46-17-11-23-68(46)53(71)48(65-55(73)75-2)31-14-6-7-15-31/h24-31,43-48H,3-23H2,1-2H3,(H,60,62)(H,61,63)(H,64,72)(H,65,73)/t43-,44?,45+,46+,47+,48+/m1/s1. The number of aromatic nitrogens is 4. The monoisotopic (exact) mass is 1040 g/mol. The van der Waals surface area contributed by atoms with Gasteiger partial charge in [0.25, 0.3) is 0 Å². The Bertz CT molecular complexity index is 2790. The molecule has 2 aliphatic carbocycles. The van der Waals surface area contributed by atoms with Crippen LogP contribution in [0.2, 0.25) is 0 Å². The third-order valence-electron chi connectivity index (χ3n) is 17.2. The van der Waals surface area contributed by atoms with E-state index in [1.54, 1.807) is 31.7 Å². The van der Waals surface area contributed by atoms with Crippen molar-refractivity contribution in [3.05, 3.63) is 82.4 Å². The molecule has 0 bridgehead atoms. The normalized spacial score (nSPS) is 23.4. The van der Waals surface area contributed by atoms with Crippen LogP contribution in [0, 0.1) is 35.1 Å². The Kier molecular flexibility index (Phi) is 14.3. The van der Waals surface area contributed by atoms with Crippen LogP contribution in [0.5, 0.6) is 0 Å². The molecule has 6 aliphatic rings. The van der Waals surface area contributed by atoms with Gasteiger partial charge in [-0.2, -0.15) is 0 Å². The zero-order chi connectivity index (χ0) is 52.1. The highest BCUT2D eigenvalue weighted by atomic mass is 19.1. The van der Waals surface area contributed by atoms with Crippen molar-refractivity contribution in [3.63, 3.8) is 0 Å². The molecule has 75 heavy (non-hydrogen) atoms. The number of fused-ring (bicyclic) bond motifs is 2. The second-order valence-corrected chi connectivity index (χ2v) is 21.5. The molecule has 0 radical (unpaired) electrons. The molecule has 0 spiro atoms. The summed E-state index contributed by atoms with van der Waals surface area (Å²) in [5.74, 6) is -2.29. The molecule has 2 aromatic heterocycles. The summed E-state index contributed by atoms with van der Waals surface area (Å²) in [6.07, 6.45) is 11.5. The van der Waals surface area contributed by atoms with Crippen LogP contribution >= 0.6 is 0 Å². The molecule has 6 fully saturated rings. The van der Waals surface area contributed by atoms with Crippen LogP contribution in [0.3, 0.4) is 0 Å². The van der Waals surface area contributed by atoms with E-state index in [1.807, 2.05) is 0 Å². The summed E-state index contributed by atoms with van der Waals surface area (Å²) in [7, 11) is 2.54. The first-order valence-corrected chi connectivity index (χ1v) is 27.1. The molecule has 4 N–H and O–H groups in total. The second kappa shape index (κ2) is 21.2. The fraction of sp³-hybridized carbons (Fsp3) is 0.564. The molecule has 6 atom stereocenters. The minimum Gasteiger partial charge on any atom is -0.453 e. The molecular formula is C55H66F4N10O6. The number of anilines is 2. The number of benzene rings is 3. The van der Waals surface area contributed by atoms with Gasteiger partial charge in [0.05, 0.1) is 60.5 Å². The lowest BCUT2D eigenvalue weighted by Gasteiger charge is -2.35. The first-order valence-electron chi connectivity index (χ1n) is 27.1. The molecule has 400 valence electrons. The molecule has 11 rings (SSSR count). The van der Waals surface area contributed by atoms with Crippen LogP contribution in [0.1, 0.15) is 156 Å². The second-order valence-electron chi connectivity index (χ2n) is 21.5. The fourth-order valence-corrected chi connectivity index (χ4v) is 13.6. The number of hydrogen-bond donors (Lipinski definition) is 4. The molecule has 20 heteroatoms. The smallest absolute Gasteiger partial charge is 0.407 e. The van der Waals surface area contributed by atoms with Crippen molar-refractivity contribution < 1.29 is 46.2 Å². The summed E-state index contributed by atoms with van der Waals surface area (Å²) in [6, 6.07) is 4.43. The van der Waals surface area contributed by atoms with E-state index in [0.29, 0.717) is 98.4 Å². The number of carbonyl (C=O) groups excluding carboxylic acids is 4. The third kappa shape index (κ3) is 9.70. The van der Waals surface area contributed by atoms with Crippen molar-refractivity contribution in [2.24, 2.45) is 11.8 Å². The first kappa shape index (κ1) is 50.6. The van der Waals surface area contributed by atoms with Crippen LogP contribution in [-0.4, -0.2) is 106 Å². The van der Waals surface area contributed by atoms with Crippen LogP contribution in [0.15, 0.2) is 36.4 Å². The average Bonchev–Trinajstić information content (AvgIpc) is 4.27. The number of nitrogens with one attached hydrogen (secondary N) is 4. The van der Waals surface area contributed by atoms with E-state index in [2.05, 4.69) is 20.6 Å². The van der Waals surface area contributed by atoms with Gasteiger partial charge in [0.15, 0.2) is 11.6 Å². The zero-order valence-corrected chi connectivity index (χ0v) is 42.6. The Hall–Kier alpha value is -6.60. The predicted octanol–water partition coefficient (Wildman–Crippen LogP) is 10.2. The van der Waals surface area contributed by atoms with Gasteiger partial charge in [-0.3, -0.25) is 9.59 Å². The van der Waals surface area contributed by atoms with Gasteiger partial charge in [-0.15, -0.1) is 0 Å². The average molecular weight is 1040 g/mol. The third-order valence-corrected chi connectivity index (χ3v) is 17.2. The largest absolute Gasteiger partial charge is 0.453 e. The summed E-state index contributed by atoms with van der Waals surface area (Å²) < 4.78 is 76.7. The molecular weight excluding hydrogens is 973 g/mol. The van der Waals surface area contributed by atoms with Crippen LogP contribution < -0.4 is 20.4 Å². The summed E-state index contributed by atoms with van der Waals surface area (Å²) in [5.41, 5.74) is 2.10. The molecule has 4 amide bonds.